The Kier molecular flexibility index (Phi) is 3.52. The zero-order valence-corrected chi connectivity index (χ0v) is 6.02. The molecule has 50 valence electrons. The van der Waals surface area contributed by atoms with Gasteiger partial charge in [0, 0.05) is 5.70 Å². The van der Waals surface area contributed by atoms with Gasteiger partial charge in [0.15, 0.2) is 0 Å². The van der Waals surface area contributed by atoms with Crippen LogP contribution in [0.1, 0.15) is 13.8 Å². The van der Waals surface area contributed by atoms with Gasteiger partial charge in [0.05, 0.1) is 0 Å². The number of nitrogens with two attached hydrogens (primary N) is 1. The third-order valence-corrected chi connectivity index (χ3v) is 1.02. The number of hydrogen-bond donors (Lipinski definition) is 1. The maximum Gasteiger partial charge on any atom is 0.0241 e. The first kappa shape index (κ1) is 8.02. The summed E-state index contributed by atoms with van der Waals surface area (Å²) in [6.45, 7) is 7.52. The first-order valence-electron chi connectivity index (χ1n) is 2.92. The van der Waals surface area contributed by atoms with Crippen LogP contribution in [0.5, 0.6) is 0 Å². The van der Waals surface area contributed by atoms with E-state index in [0.29, 0.717) is 5.70 Å². The third kappa shape index (κ3) is 4.88. The molecule has 0 atom stereocenters. The van der Waals surface area contributed by atoms with Gasteiger partial charge in [-0.25, -0.2) is 0 Å². The second-order valence-electron chi connectivity index (χ2n) is 1.94. The average molecular weight is 123 g/mol. The molecule has 0 spiro atoms. The summed E-state index contributed by atoms with van der Waals surface area (Å²) in [5, 5.41) is 0. The van der Waals surface area contributed by atoms with Crippen molar-refractivity contribution < 1.29 is 0 Å². The highest BCUT2D eigenvalue weighted by atomic mass is 14.5. The lowest BCUT2D eigenvalue weighted by Crippen LogP contribution is -1.88. The minimum atomic E-state index is 0.594. The van der Waals surface area contributed by atoms with E-state index in [0.717, 1.165) is 0 Å². The normalized spacial score (nSPS) is 12.4. The maximum absolute atomic E-state index is 5.29. The summed E-state index contributed by atoms with van der Waals surface area (Å²) in [6, 6.07) is 0. The van der Waals surface area contributed by atoms with Crippen molar-refractivity contribution in [2.75, 3.05) is 0 Å². The summed E-state index contributed by atoms with van der Waals surface area (Å²) in [5.74, 6) is 0. The van der Waals surface area contributed by atoms with Crippen molar-refractivity contribution in [1.29, 1.82) is 0 Å². The summed E-state index contributed by atoms with van der Waals surface area (Å²) >= 11 is 0. The highest BCUT2D eigenvalue weighted by molar-refractivity contribution is 5.22. The summed E-state index contributed by atoms with van der Waals surface area (Å²) in [5.41, 5.74) is 7.08. The van der Waals surface area contributed by atoms with Crippen LogP contribution in [-0.2, 0) is 0 Å². The Bertz CT molecular complexity index is 152. The van der Waals surface area contributed by atoms with Crippen LogP contribution in [-0.4, -0.2) is 0 Å². The molecule has 9 heavy (non-hydrogen) atoms. The van der Waals surface area contributed by atoms with Crippen LogP contribution in [0.4, 0.5) is 0 Å². The van der Waals surface area contributed by atoms with E-state index in [1.165, 1.54) is 5.57 Å². The first-order chi connectivity index (χ1) is 4.16. The van der Waals surface area contributed by atoms with E-state index in [1.807, 2.05) is 26.0 Å². The van der Waals surface area contributed by atoms with Crippen LogP contribution in [0.15, 0.2) is 36.1 Å². The highest BCUT2D eigenvalue weighted by Crippen LogP contribution is 1.94. The van der Waals surface area contributed by atoms with Gasteiger partial charge >= 0.3 is 0 Å². The Morgan fingerprint density at radius 2 is 2.00 bits per heavy atom. The van der Waals surface area contributed by atoms with Gasteiger partial charge in [-0.05, 0) is 19.9 Å². The third-order valence-electron chi connectivity index (χ3n) is 1.02. The molecule has 0 unspecified atom stereocenters. The fourth-order valence-electron chi connectivity index (χ4n) is 0.335. The van der Waals surface area contributed by atoms with Crippen LogP contribution in [0, 0.1) is 0 Å². The van der Waals surface area contributed by atoms with E-state index >= 15 is 0 Å². The zero-order chi connectivity index (χ0) is 7.28. The molecule has 0 aliphatic heterocycles. The molecule has 0 aromatic carbocycles. The molecule has 0 aromatic heterocycles. The molecule has 1 heteroatoms. The molecule has 0 saturated heterocycles. The Morgan fingerprint density at radius 1 is 1.44 bits per heavy atom. The molecular formula is C8H13N. The van der Waals surface area contributed by atoms with Gasteiger partial charge in [0.25, 0.3) is 0 Å². The molecule has 0 bridgehead atoms. The van der Waals surface area contributed by atoms with Crippen LogP contribution >= 0.6 is 0 Å². The molecule has 0 aliphatic rings. The molecule has 0 fully saturated rings. The molecule has 0 amide bonds. The quantitative estimate of drug-likeness (QED) is 0.558. The Hall–Kier alpha value is -0.980. The Morgan fingerprint density at radius 3 is 2.33 bits per heavy atom. The predicted octanol–water partition coefficient (Wildman–Crippen LogP) is 1.98. The molecule has 0 rings (SSSR count). The minimum Gasteiger partial charge on any atom is -0.399 e. The van der Waals surface area contributed by atoms with Gasteiger partial charge in [-0.15, -0.1) is 0 Å². The van der Waals surface area contributed by atoms with Crippen molar-refractivity contribution >= 4 is 0 Å². The fourth-order valence-corrected chi connectivity index (χ4v) is 0.335. The van der Waals surface area contributed by atoms with Crippen molar-refractivity contribution in [2.24, 2.45) is 5.73 Å². The summed E-state index contributed by atoms with van der Waals surface area (Å²) in [6.07, 6.45) is 5.73. The Balaban J connectivity index is 3.86. The second kappa shape index (κ2) is 3.96. The van der Waals surface area contributed by atoms with Crippen LogP contribution in [0.3, 0.4) is 0 Å². The molecular weight excluding hydrogens is 110 g/mol. The summed E-state index contributed by atoms with van der Waals surface area (Å²) in [4.78, 5) is 0. The number of hydrogen-bond acceptors (Lipinski definition) is 1. The SMILES string of the molecule is C=C(N)/C=C\C(C)=C/C. The van der Waals surface area contributed by atoms with E-state index in [9.17, 15) is 0 Å². The molecule has 0 radical (unpaired) electrons. The van der Waals surface area contributed by atoms with E-state index < -0.39 is 0 Å². The molecule has 0 saturated carbocycles. The van der Waals surface area contributed by atoms with Crippen LogP contribution < -0.4 is 5.73 Å². The molecule has 0 aromatic rings. The van der Waals surface area contributed by atoms with Crippen molar-refractivity contribution in [2.45, 2.75) is 13.8 Å². The van der Waals surface area contributed by atoms with E-state index in [1.54, 1.807) is 6.08 Å². The van der Waals surface area contributed by atoms with Gasteiger partial charge in [0.2, 0.25) is 0 Å². The standard InChI is InChI=1S/C8H13N/c1-4-7(2)5-6-8(3)9/h4-6H,3,9H2,1-2H3/b6-5-,7-4-. The van der Waals surface area contributed by atoms with Crippen molar-refractivity contribution in [3.63, 3.8) is 0 Å². The summed E-state index contributed by atoms with van der Waals surface area (Å²) < 4.78 is 0. The van der Waals surface area contributed by atoms with E-state index in [2.05, 4.69) is 6.58 Å². The highest BCUT2D eigenvalue weighted by Gasteiger charge is 1.76. The molecule has 0 aliphatic carbocycles. The second-order valence-corrected chi connectivity index (χ2v) is 1.94. The van der Waals surface area contributed by atoms with Crippen LogP contribution in [0.25, 0.3) is 0 Å². The van der Waals surface area contributed by atoms with Crippen molar-refractivity contribution in [1.82, 2.24) is 0 Å². The van der Waals surface area contributed by atoms with Gasteiger partial charge in [-0.2, -0.15) is 0 Å². The average Bonchev–Trinajstić information content (AvgIpc) is 1.83. The number of rotatable bonds is 2. The minimum absolute atomic E-state index is 0.594. The van der Waals surface area contributed by atoms with Gasteiger partial charge in [-0.3, -0.25) is 0 Å². The fraction of sp³-hybridized carbons (Fsp3) is 0.250. The molecule has 0 heterocycles. The van der Waals surface area contributed by atoms with Crippen LogP contribution in [0.2, 0.25) is 0 Å². The van der Waals surface area contributed by atoms with Gasteiger partial charge in [-0.1, -0.05) is 24.3 Å². The summed E-state index contributed by atoms with van der Waals surface area (Å²) in [7, 11) is 0. The first-order valence-corrected chi connectivity index (χ1v) is 2.92. The predicted molar refractivity (Wildman–Crippen MR) is 41.9 cm³/mol. The topological polar surface area (TPSA) is 26.0 Å². The maximum atomic E-state index is 5.29. The molecule has 2 N–H and O–H groups in total. The van der Waals surface area contributed by atoms with E-state index in [-0.39, 0.29) is 0 Å². The lowest BCUT2D eigenvalue weighted by molar-refractivity contribution is 1.41. The van der Waals surface area contributed by atoms with Crippen molar-refractivity contribution in [3.8, 4) is 0 Å². The monoisotopic (exact) mass is 123 g/mol. The van der Waals surface area contributed by atoms with Gasteiger partial charge in [0.1, 0.15) is 0 Å². The van der Waals surface area contributed by atoms with E-state index in [4.69, 9.17) is 5.73 Å². The lowest BCUT2D eigenvalue weighted by atomic mass is 10.2. The number of allylic oxidation sites excluding steroid dienone is 4. The van der Waals surface area contributed by atoms with Crippen molar-refractivity contribution in [3.05, 3.63) is 36.1 Å². The molecule has 1 nitrogen and oxygen atoms in total. The van der Waals surface area contributed by atoms with Gasteiger partial charge < -0.3 is 5.73 Å². The lowest BCUT2D eigenvalue weighted by Gasteiger charge is -1.87. The largest absolute Gasteiger partial charge is 0.399 e. The smallest absolute Gasteiger partial charge is 0.0241 e. The zero-order valence-electron chi connectivity index (χ0n) is 6.02. The Labute approximate surface area is 56.6 Å².